The fraction of sp³-hybridized carbons (Fsp3) is 0.500. The number of halogens is 3. The predicted octanol–water partition coefficient (Wildman–Crippen LogP) is 6.63. The van der Waals surface area contributed by atoms with Crippen molar-refractivity contribution in [3.05, 3.63) is 64.7 Å². The van der Waals surface area contributed by atoms with Crippen molar-refractivity contribution in [2.75, 3.05) is 12.9 Å². The van der Waals surface area contributed by atoms with Crippen LogP contribution in [0.25, 0.3) is 0 Å². The summed E-state index contributed by atoms with van der Waals surface area (Å²) in [6, 6.07) is 11.2. The molecule has 0 fully saturated rings. The normalized spacial score (nSPS) is 14.2. The summed E-state index contributed by atoms with van der Waals surface area (Å²) < 4.78 is 83.3. The number of benzene rings is 2. The van der Waals surface area contributed by atoms with E-state index >= 15 is 0 Å². The highest BCUT2D eigenvalue weighted by Crippen LogP contribution is 2.43. The first-order valence-electron chi connectivity index (χ1n) is 10.8. The van der Waals surface area contributed by atoms with Gasteiger partial charge in [0.15, 0.2) is 8.32 Å². The van der Waals surface area contributed by atoms with Crippen molar-refractivity contribution in [1.29, 1.82) is 0 Å². The van der Waals surface area contributed by atoms with Gasteiger partial charge in [0.2, 0.25) is 0 Å². The molecule has 0 aliphatic rings. The van der Waals surface area contributed by atoms with Gasteiger partial charge in [-0.3, -0.25) is 4.18 Å². The Bertz CT molecular complexity index is 1080. The van der Waals surface area contributed by atoms with Gasteiger partial charge in [0.05, 0.1) is 18.4 Å². The van der Waals surface area contributed by atoms with Crippen LogP contribution in [0.2, 0.25) is 18.1 Å². The molecule has 10 heteroatoms. The average molecular weight is 519 g/mol. The van der Waals surface area contributed by atoms with Crippen molar-refractivity contribution < 1.29 is 34.9 Å². The summed E-state index contributed by atoms with van der Waals surface area (Å²) in [4.78, 5) is 0. The number of hydrogen-bond acceptors (Lipinski definition) is 5. The summed E-state index contributed by atoms with van der Waals surface area (Å²) in [5.41, 5.74) is -0.0516. The van der Waals surface area contributed by atoms with Crippen LogP contribution in [0.4, 0.5) is 13.2 Å². The van der Waals surface area contributed by atoms with Crippen molar-refractivity contribution in [2.45, 2.75) is 64.7 Å². The van der Waals surface area contributed by atoms with Crippen LogP contribution < -0.4 is 4.74 Å². The zero-order valence-corrected chi connectivity index (χ0v) is 22.4. The van der Waals surface area contributed by atoms with Crippen molar-refractivity contribution in [2.24, 2.45) is 0 Å². The fourth-order valence-corrected chi connectivity index (χ4v) is 4.60. The second-order valence-electron chi connectivity index (χ2n) is 9.86. The summed E-state index contributed by atoms with van der Waals surface area (Å²) >= 11 is 0. The number of hydrogen-bond donors (Lipinski definition) is 0. The highest BCUT2D eigenvalue weighted by atomic mass is 32.2. The van der Waals surface area contributed by atoms with Gasteiger partial charge in [0.25, 0.3) is 10.1 Å². The van der Waals surface area contributed by atoms with E-state index in [1.807, 2.05) is 33.9 Å². The maximum Gasteiger partial charge on any atom is 0.419 e. The minimum atomic E-state index is -4.72. The average Bonchev–Trinajstić information content (AvgIpc) is 2.68. The largest absolute Gasteiger partial charge is 0.488 e. The second kappa shape index (κ2) is 10.4. The zero-order valence-electron chi connectivity index (χ0n) is 20.6. The zero-order chi connectivity index (χ0) is 25.9. The molecule has 2 rings (SSSR count). The number of alkyl halides is 3. The maximum atomic E-state index is 14.0. The Balaban J connectivity index is 2.59. The Hall–Kier alpha value is -1.88. The van der Waals surface area contributed by atoms with E-state index in [0.29, 0.717) is 11.1 Å². The molecule has 0 aliphatic heterocycles. The molecule has 0 aliphatic carbocycles. The molecule has 5 nitrogen and oxygen atoms in total. The molecule has 0 amide bonds. The lowest BCUT2D eigenvalue weighted by molar-refractivity contribution is -0.139. The Morgan fingerprint density at radius 1 is 1.03 bits per heavy atom. The lowest BCUT2D eigenvalue weighted by Crippen LogP contribution is -2.42. The summed E-state index contributed by atoms with van der Waals surface area (Å²) in [6.45, 7) is 11.1. The third kappa shape index (κ3) is 7.83. The molecule has 2 aromatic carbocycles. The second-order valence-corrected chi connectivity index (χ2v) is 16.3. The Labute approximate surface area is 201 Å². The Kier molecular flexibility index (Phi) is 8.67. The van der Waals surface area contributed by atoms with Crippen molar-refractivity contribution in [3.63, 3.8) is 0 Å². The molecular formula is C24H33F3O5SSi. The van der Waals surface area contributed by atoms with Crippen LogP contribution in [-0.4, -0.2) is 29.6 Å². The quantitative estimate of drug-likeness (QED) is 0.275. The maximum absolute atomic E-state index is 14.0. The third-order valence-corrected chi connectivity index (χ3v) is 10.9. The number of ether oxygens (including phenoxy) is 1. The molecule has 0 bridgehead atoms. The lowest BCUT2D eigenvalue weighted by atomic mass is 10.0. The van der Waals surface area contributed by atoms with Gasteiger partial charge < -0.3 is 9.16 Å². The molecular weight excluding hydrogens is 485 g/mol. The van der Waals surface area contributed by atoms with Crippen LogP contribution >= 0.6 is 0 Å². The van der Waals surface area contributed by atoms with Crippen molar-refractivity contribution in [1.82, 2.24) is 0 Å². The molecule has 190 valence electrons. The number of aryl methyl sites for hydroxylation is 1. The molecule has 0 N–H and O–H groups in total. The van der Waals surface area contributed by atoms with Gasteiger partial charge in [-0.2, -0.15) is 21.6 Å². The minimum Gasteiger partial charge on any atom is -0.488 e. The first kappa shape index (κ1) is 28.4. The standard InChI is InChI=1S/C24H33F3O5SSi/c1-17-13-19(21(32-33(5,28)29)16-31-34(6,7)23(2,3)4)22(20(14-17)24(25,26)27)30-15-18-11-9-8-10-12-18/h8-14,21H,15-16H2,1-7H3. The SMILES string of the molecule is Cc1cc(C(CO[Si](C)(C)C(C)(C)C)OS(C)(=O)=O)c(OCc2ccccc2)c(C(F)(F)F)c1. The van der Waals surface area contributed by atoms with Crippen LogP contribution in [0.15, 0.2) is 42.5 Å². The predicted molar refractivity (Wildman–Crippen MR) is 129 cm³/mol. The molecule has 0 saturated carbocycles. The Morgan fingerprint density at radius 3 is 2.12 bits per heavy atom. The summed E-state index contributed by atoms with van der Waals surface area (Å²) in [7, 11) is -6.39. The van der Waals surface area contributed by atoms with Crippen LogP contribution in [0.1, 0.15) is 49.1 Å². The minimum absolute atomic E-state index is 0.0209. The van der Waals surface area contributed by atoms with Gasteiger partial charge in [-0.1, -0.05) is 51.1 Å². The highest BCUT2D eigenvalue weighted by molar-refractivity contribution is 7.86. The van der Waals surface area contributed by atoms with E-state index in [-0.39, 0.29) is 23.8 Å². The molecule has 1 unspecified atom stereocenters. The third-order valence-electron chi connectivity index (χ3n) is 5.83. The molecule has 0 radical (unpaired) electrons. The topological polar surface area (TPSA) is 61.8 Å². The first-order chi connectivity index (χ1) is 15.4. The van der Waals surface area contributed by atoms with E-state index in [0.717, 1.165) is 12.3 Å². The van der Waals surface area contributed by atoms with Crippen molar-refractivity contribution >= 4 is 18.4 Å². The highest BCUT2D eigenvalue weighted by Gasteiger charge is 2.40. The monoisotopic (exact) mass is 518 g/mol. The first-order valence-corrected chi connectivity index (χ1v) is 15.5. The van der Waals surface area contributed by atoms with E-state index in [9.17, 15) is 21.6 Å². The van der Waals surface area contributed by atoms with Gasteiger partial charge in [-0.25, -0.2) is 0 Å². The summed E-state index contributed by atoms with van der Waals surface area (Å²) in [5, 5.41) is -0.195. The van der Waals surface area contributed by atoms with Crippen molar-refractivity contribution in [3.8, 4) is 5.75 Å². The van der Waals surface area contributed by atoms with Gasteiger partial charge in [0, 0.05) is 5.56 Å². The summed E-state index contributed by atoms with van der Waals surface area (Å²) in [5.74, 6) is -0.463. The molecule has 0 spiro atoms. The van der Waals surface area contributed by atoms with Gasteiger partial charge in [0.1, 0.15) is 18.5 Å². The van der Waals surface area contributed by atoms with Crippen LogP contribution in [-0.2, 0) is 31.5 Å². The van der Waals surface area contributed by atoms with Gasteiger partial charge in [-0.05, 0) is 48.3 Å². The van der Waals surface area contributed by atoms with Gasteiger partial charge in [-0.15, -0.1) is 0 Å². The smallest absolute Gasteiger partial charge is 0.419 e. The van der Waals surface area contributed by atoms with E-state index in [4.69, 9.17) is 13.3 Å². The van der Waals surface area contributed by atoms with Crippen LogP contribution in [0.3, 0.4) is 0 Å². The number of rotatable bonds is 9. The molecule has 0 aromatic heterocycles. The van der Waals surface area contributed by atoms with E-state index < -0.39 is 42.0 Å². The van der Waals surface area contributed by atoms with Crippen LogP contribution in [0.5, 0.6) is 5.75 Å². The van der Waals surface area contributed by atoms with Gasteiger partial charge >= 0.3 is 6.18 Å². The molecule has 34 heavy (non-hydrogen) atoms. The Morgan fingerprint density at radius 2 is 1.62 bits per heavy atom. The molecule has 2 aromatic rings. The van der Waals surface area contributed by atoms with E-state index in [2.05, 4.69) is 0 Å². The fourth-order valence-electron chi connectivity index (χ4n) is 3.02. The van der Waals surface area contributed by atoms with E-state index in [1.54, 1.807) is 30.3 Å². The lowest BCUT2D eigenvalue weighted by Gasteiger charge is -2.37. The van der Waals surface area contributed by atoms with E-state index in [1.165, 1.54) is 13.0 Å². The molecule has 0 heterocycles. The molecule has 1 atom stereocenters. The summed E-state index contributed by atoms with van der Waals surface area (Å²) in [6.07, 6.45) is -5.17. The molecule has 0 saturated heterocycles. The van der Waals surface area contributed by atoms with Crippen LogP contribution in [0, 0.1) is 6.92 Å².